The van der Waals surface area contributed by atoms with Crippen LogP contribution >= 0.6 is 0 Å². The Hall–Kier alpha value is -1.36. The number of piperidine rings is 1. The summed E-state index contributed by atoms with van der Waals surface area (Å²) in [6.07, 6.45) is 7.10. The van der Waals surface area contributed by atoms with Crippen LogP contribution in [0, 0.1) is 0 Å². The quantitative estimate of drug-likeness (QED) is 0.848. The van der Waals surface area contributed by atoms with Crippen molar-refractivity contribution in [2.45, 2.75) is 39.3 Å². The van der Waals surface area contributed by atoms with Crippen molar-refractivity contribution in [1.82, 2.24) is 19.8 Å². The third kappa shape index (κ3) is 3.32. The van der Waals surface area contributed by atoms with E-state index >= 15 is 0 Å². The molecule has 0 aliphatic carbocycles. The number of rotatable bonds is 5. The molecule has 1 saturated heterocycles. The summed E-state index contributed by atoms with van der Waals surface area (Å²) in [4.78, 5) is 18.2. The lowest BCUT2D eigenvalue weighted by molar-refractivity contribution is -0.132. The van der Waals surface area contributed by atoms with E-state index in [9.17, 15) is 4.79 Å². The van der Waals surface area contributed by atoms with Crippen LogP contribution in [0.15, 0.2) is 12.5 Å². The topological polar surface area (TPSA) is 50.2 Å². The standard InChI is InChI=1S/C13H22N4O/c1-2-14-8-12-9-15-11-17(12)10-13(18)16-6-4-3-5-7-16/h9,11,14H,2-8,10H2,1H3. The maximum absolute atomic E-state index is 12.1. The average molecular weight is 250 g/mol. The summed E-state index contributed by atoms with van der Waals surface area (Å²) in [5, 5.41) is 3.26. The lowest BCUT2D eigenvalue weighted by Crippen LogP contribution is -2.38. The second kappa shape index (κ2) is 6.54. The zero-order valence-corrected chi connectivity index (χ0v) is 11.1. The van der Waals surface area contributed by atoms with Gasteiger partial charge in [-0.15, -0.1) is 0 Å². The minimum absolute atomic E-state index is 0.213. The van der Waals surface area contributed by atoms with Gasteiger partial charge in [0.2, 0.25) is 5.91 Å². The predicted molar refractivity (Wildman–Crippen MR) is 70.0 cm³/mol. The Kier molecular flexibility index (Phi) is 4.75. The maximum atomic E-state index is 12.1. The first kappa shape index (κ1) is 13.1. The molecule has 2 rings (SSSR count). The Labute approximate surface area is 108 Å². The molecule has 0 spiro atoms. The summed E-state index contributed by atoms with van der Waals surface area (Å²) in [5.74, 6) is 0.213. The molecule has 5 heteroatoms. The van der Waals surface area contributed by atoms with E-state index in [-0.39, 0.29) is 5.91 Å². The lowest BCUT2D eigenvalue weighted by Gasteiger charge is -2.27. The van der Waals surface area contributed by atoms with Gasteiger partial charge in [-0.3, -0.25) is 4.79 Å². The van der Waals surface area contributed by atoms with Crippen molar-refractivity contribution >= 4 is 5.91 Å². The SMILES string of the molecule is CCNCc1cncn1CC(=O)N1CCCCC1. The van der Waals surface area contributed by atoms with Gasteiger partial charge in [-0.1, -0.05) is 6.92 Å². The molecule has 1 N–H and O–H groups in total. The molecule has 2 heterocycles. The number of carbonyl (C=O) groups is 1. The van der Waals surface area contributed by atoms with Gasteiger partial charge in [-0.25, -0.2) is 4.98 Å². The van der Waals surface area contributed by atoms with E-state index in [2.05, 4.69) is 17.2 Å². The molecule has 0 aromatic carbocycles. The molecular weight excluding hydrogens is 228 g/mol. The van der Waals surface area contributed by atoms with Crippen molar-refractivity contribution in [2.24, 2.45) is 0 Å². The van der Waals surface area contributed by atoms with Gasteiger partial charge in [0.1, 0.15) is 6.54 Å². The van der Waals surface area contributed by atoms with E-state index in [1.54, 1.807) is 6.33 Å². The van der Waals surface area contributed by atoms with Gasteiger partial charge in [0.15, 0.2) is 0 Å². The van der Waals surface area contributed by atoms with Crippen LogP contribution in [0.2, 0.25) is 0 Å². The van der Waals surface area contributed by atoms with Crippen LogP contribution in [0.5, 0.6) is 0 Å². The van der Waals surface area contributed by atoms with E-state index in [4.69, 9.17) is 0 Å². The number of likely N-dealkylation sites (tertiary alicyclic amines) is 1. The third-order valence-corrected chi connectivity index (χ3v) is 3.37. The van der Waals surface area contributed by atoms with Crippen molar-refractivity contribution in [2.75, 3.05) is 19.6 Å². The Morgan fingerprint density at radius 2 is 2.17 bits per heavy atom. The molecule has 0 saturated carbocycles. The summed E-state index contributed by atoms with van der Waals surface area (Å²) in [5.41, 5.74) is 1.07. The minimum Gasteiger partial charge on any atom is -0.341 e. The number of amides is 1. The zero-order valence-electron chi connectivity index (χ0n) is 11.1. The van der Waals surface area contributed by atoms with Crippen molar-refractivity contribution in [3.63, 3.8) is 0 Å². The molecule has 1 amide bonds. The number of aromatic nitrogens is 2. The van der Waals surface area contributed by atoms with E-state index < -0.39 is 0 Å². The molecule has 1 fully saturated rings. The van der Waals surface area contributed by atoms with Gasteiger partial charge in [-0.05, 0) is 25.8 Å². The summed E-state index contributed by atoms with van der Waals surface area (Å²) in [6.45, 7) is 6.00. The van der Waals surface area contributed by atoms with Gasteiger partial charge in [0.05, 0.1) is 12.0 Å². The minimum atomic E-state index is 0.213. The molecule has 1 aromatic rings. The first-order valence-corrected chi connectivity index (χ1v) is 6.78. The number of hydrogen-bond acceptors (Lipinski definition) is 3. The smallest absolute Gasteiger partial charge is 0.242 e. The van der Waals surface area contributed by atoms with Gasteiger partial charge in [0, 0.05) is 25.8 Å². The molecular formula is C13H22N4O. The highest BCUT2D eigenvalue weighted by atomic mass is 16.2. The van der Waals surface area contributed by atoms with Crippen LogP contribution in [0.3, 0.4) is 0 Å². The molecule has 1 aromatic heterocycles. The number of imidazole rings is 1. The monoisotopic (exact) mass is 250 g/mol. The highest BCUT2D eigenvalue weighted by Gasteiger charge is 2.17. The number of nitrogens with one attached hydrogen (secondary N) is 1. The summed E-state index contributed by atoms with van der Waals surface area (Å²) in [7, 11) is 0. The summed E-state index contributed by atoms with van der Waals surface area (Å²) < 4.78 is 1.94. The first-order chi connectivity index (χ1) is 8.81. The number of carbonyl (C=O) groups excluding carboxylic acids is 1. The molecule has 5 nitrogen and oxygen atoms in total. The van der Waals surface area contributed by atoms with Crippen molar-refractivity contribution in [3.8, 4) is 0 Å². The van der Waals surface area contributed by atoms with Crippen LogP contribution in [-0.2, 0) is 17.9 Å². The molecule has 0 bridgehead atoms. The van der Waals surface area contributed by atoms with Crippen LogP contribution < -0.4 is 5.32 Å². The van der Waals surface area contributed by atoms with E-state index in [1.807, 2.05) is 15.7 Å². The van der Waals surface area contributed by atoms with Gasteiger partial charge in [0.25, 0.3) is 0 Å². The van der Waals surface area contributed by atoms with Crippen molar-refractivity contribution < 1.29 is 4.79 Å². The average Bonchev–Trinajstić information content (AvgIpc) is 2.84. The highest BCUT2D eigenvalue weighted by molar-refractivity contribution is 5.76. The number of nitrogens with zero attached hydrogens (tertiary/aromatic N) is 3. The normalized spacial score (nSPS) is 15.9. The molecule has 0 radical (unpaired) electrons. The van der Waals surface area contributed by atoms with E-state index in [0.717, 1.165) is 44.7 Å². The lowest BCUT2D eigenvalue weighted by atomic mass is 10.1. The Balaban J connectivity index is 1.91. The Morgan fingerprint density at radius 3 is 2.89 bits per heavy atom. The van der Waals surface area contributed by atoms with Crippen LogP contribution in [0.25, 0.3) is 0 Å². The van der Waals surface area contributed by atoms with E-state index in [1.165, 1.54) is 6.42 Å². The first-order valence-electron chi connectivity index (χ1n) is 6.78. The van der Waals surface area contributed by atoms with Crippen LogP contribution in [0.1, 0.15) is 31.9 Å². The fraction of sp³-hybridized carbons (Fsp3) is 0.692. The van der Waals surface area contributed by atoms with Crippen LogP contribution in [0.4, 0.5) is 0 Å². The predicted octanol–water partition coefficient (Wildman–Crippen LogP) is 1.01. The van der Waals surface area contributed by atoms with Crippen molar-refractivity contribution in [3.05, 3.63) is 18.2 Å². The molecule has 100 valence electrons. The molecule has 0 unspecified atom stereocenters. The van der Waals surface area contributed by atoms with Crippen molar-refractivity contribution in [1.29, 1.82) is 0 Å². The third-order valence-electron chi connectivity index (χ3n) is 3.37. The second-order valence-electron chi connectivity index (χ2n) is 4.73. The fourth-order valence-electron chi connectivity index (χ4n) is 2.28. The maximum Gasteiger partial charge on any atom is 0.242 e. The Bertz CT molecular complexity index is 382. The largest absolute Gasteiger partial charge is 0.341 e. The highest BCUT2D eigenvalue weighted by Crippen LogP contribution is 2.10. The van der Waals surface area contributed by atoms with E-state index in [0.29, 0.717) is 6.54 Å². The summed E-state index contributed by atoms with van der Waals surface area (Å²) in [6, 6.07) is 0. The zero-order chi connectivity index (χ0) is 12.8. The molecule has 1 aliphatic heterocycles. The van der Waals surface area contributed by atoms with Crippen LogP contribution in [-0.4, -0.2) is 40.0 Å². The van der Waals surface area contributed by atoms with Gasteiger partial charge < -0.3 is 14.8 Å². The number of hydrogen-bond donors (Lipinski definition) is 1. The molecule has 0 atom stereocenters. The van der Waals surface area contributed by atoms with Gasteiger partial charge in [-0.2, -0.15) is 0 Å². The van der Waals surface area contributed by atoms with Gasteiger partial charge >= 0.3 is 0 Å². The Morgan fingerprint density at radius 1 is 1.39 bits per heavy atom. The molecule has 18 heavy (non-hydrogen) atoms. The second-order valence-corrected chi connectivity index (χ2v) is 4.73. The summed E-state index contributed by atoms with van der Waals surface area (Å²) >= 11 is 0. The molecule has 1 aliphatic rings. The fourth-order valence-corrected chi connectivity index (χ4v) is 2.28.